The number of carbonyl (C=O) groups is 1. The molecule has 1 aliphatic heterocycles. The van der Waals surface area contributed by atoms with Gasteiger partial charge in [-0.25, -0.2) is 9.97 Å². The van der Waals surface area contributed by atoms with E-state index in [1.54, 1.807) is 30.6 Å². The van der Waals surface area contributed by atoms with Gasteiger partial charge in [0.2, 0.25) is 11.9 Å². The Hall–Kier alpha value is -3.66. The molecule has 0 aliphatic carbocycles. The van der Waals surface area contributed by atoms with Gasteiger partial charge in [-0.05, 0) is 60.2 Å². The van der Waals surface area contributed by atoms with Gasteiger partial charge in [-0.15, -0.1) is 13.2 Å². The molecule has 1 aromatic heterocycles. The zero-order valence-electron chi connectivity index (χ0n) is 22.6. The molecule has 1 fully saturated rings. The fraction of sp³-hybridized carbons (Fsp3) is 0.414. The summed E-state index contributed by atoms with van der Waals surface area (Å²) in [5, 5.41) is 3.17. The summed E-state index contributed by atoms with van der Waals surface area (Å²) in [5.74, 6) is 0.250. The van der Waals surface area contributed by atoms with Crippen LogP contribution in [0.25, 0.3) is 0 Å². The minimum atomic E-state index is -4.74. The molecule has 0 spiro atoms. The maximum atomic E-state index is 13.7. The van der Waals surface area contributed by atoms with E-state index in [2.05, 4.69) is 70.0 Å². The number of amides is 1. The van der Waals surface area contributed by atoms with Gasteiger partial charge in [-0.3, -0.25) is 9.69 Å². The standard InChI is InChI=1S/C29H34F3N5O2/c1-28(2,3)22-10-8-21(9-11-22)25-36(4)24(14-18-35-27-33-16-5-17-34-27)26(38)37(25)19-15-20-6-12-23(13-7-20)39-29(30,31)32/h5-13,16-17,24-25H,14-15,18-19H2,1-4H3,(H,33,34,35)/t24-,25+/m0/s1. The van der Waals surface area contributed by atoms with E-state index in [0.29, 0.717) is 31.9 Å². The largest absolute Gasteiger partial charge is 0.573 e. The first kappa shape index (κ1) is 28.4. The summed E-state index contributed by atoms with van der Waals surface area (Å²) in [4.78, 5) is 26.0. The lowest BCUT2D eigenvalue weighted by Crippen LogP contribution is -2.33. The molecular formula is C29H34F3N5O2. The molecule has 0 radical (unpaired) electrons. The zero-order valence-corrected chi connectivity index (χ0v) is 22.6. The number of nitrogens with zero attached hydrogens (tertiary/aromatic N) is 4. The van der Waals surface area contributed by atoms with E-state index in [9.17, 15) is 18.0 Å². The van der Waals surface area contributed by atoms with Crippen LogP contribution in [0.1, 0.15) is 50.0 Å². The van der Waals surface area contributed by atoms with Crippen molar-refractivity contribution in [1.29, 1.82) is 0 Å². The topological polar surface area (TPSA) is 70.6 Å². The second-order valence-electron chi connectivity index (χ2n) is 10.7. The van der Waals surface area contributed by atoms with Crippen LogP contribution in [0.3, 0.4) is 0 Å². The average molecular weight is 542 g/mol. The number of halogens is 3. The Labute approximate surface area is 227 Å². The average Bonchev–Trinajstić information content (AvgIpc) is 3.12. The lowest BCUT2D eigenvalue weighted by atomic mass is 9.86. The minimum Gasteiger partial charge on any atom is -0.406 e. The maximum Gasteiger partial charge on any atom is 0.573 e. The van der Waals surface area contributed by atoms with Crippen LogP contribution in [-0.4, -0.2) is 58.2 Å². The van der Waals surface area contributed by atoms with Gasteiger partial charge in [0, 0.05) is 25.5 Å². The van der Waals surface area contributed by atoms with Crippen LogP contribution in [-0.2, 0) is 16.6 Å². The Morgan fingerprint density at radius 2 is 1.62 bits per heavy atom. The van der Waals surface area contributed by atoms with E-state index >= 15 is 0 Å². The third kappa shape index (κ3) is 7.26. The lowest BCUT2D eigenvalue weighted by molar-refractivity contribution is -0.274. The van der Waals surface area contributed by atoms with Crippen molar-refractivity contribution >= 4 is 11.9 Å². The fourth-order valence-electron chi connectivity index (χ4n) is 4.82. The van der Waals surface area contributed by atoms with Crippen molar-refractivity contribution in [3.8, 4) is 5.75 Å². The molecule has 4 rings (SSSR count). The maximum absolute atomic E-state index is 13.7. The van der Waals surface area contributed by atoms with Gasteiger partial charge in [-0.2, -0.15) is 0 Å². The zero-order chi connectivity index (χ0) is 28.2. The van der Waals surface area contributed by atoms with E-state index in [0.717, 1.165) is 11.1 Å². The molecule has 0 bridgehead atoms. The first-order valence-corrected chi connectivity index (χ1v) is 12.9. The quantitative estimate of drug-likeness (QED) is 0.383. The Kier molecular flexibility index (Phi) is 8.44. The first-order chi connectivity index (χ1) is 18.4. The second-order valence-corrected chi connectivity index (χ2v) is 10.7. The normalized spacial score (nSPS) is 18.4. The number of benzene rings is 2. The van der Waals surface area contributed by atoms with Crippen LogP contribution in [0.4, 0.5) is 19.1 Å². The molecule has 2 aromatic carbocycles. The van der Waals surface area contributed by atoms with E-state index in [1.165, 1.54) is 17.7 Å². The molecule has 10 heteroatoms. The molecule has 2 atom stereocenters. The van der Waals surface area contributed by atoms with Crippen LogP contribution >= 0.6 is 0 Å². The van der Waals surface area contributed by atoms with Crippen LogP contribution < -0.4 is 10.1 Å². The molecule has 2 heterocycles. The fourth-order valence-corrected chi connectivity index (χ4v) is 4.82. The molecule has 208 valence electrons. The summed E-state index contributed by atoms with van der Waals surface area (Å²) in [5.41, 5.74) is 3.03. The van der Waals surface area contributed by atoms with Gasteiger partial charge < -0.3 is 15.0 Å². The summed E-state index contributed by atoms with van der Waals surface area (Å²) in [6.07, 6.45) is -0.640. The second kappa shape index (κ2) is 11.6. The van der Waals surface area contributed by atoms with Crippen molar-refractivity contribution in [2.24, 2.45) is 0 Å². The number of hydrogen-bond donors (Lipinski definition) is 1. The van der Waals surface area contributed by atoms with Gasteiger partial charge in [0.15, 0.2) is 0 Å². The van der Waals surface area contributed by atoms with Crippen molar-refractivity contribution in [2.75, 3.05) is 25.5 Å². The first-order valence-electron chi connectivity index (χ1n) is 12.9. The predicted octanol–water partition coefficient (Wildman–Crippen LogP) is 5.56. The van der Waals surface area contributed by atoms with Crippen LogP contribution in [0.2, 0.25) is 0 Å². The highest BCUT2D eigenvalue weighted by Gasteiger charge is 2.44. The number of anilines is 1. The highest BCUT2D eigenvalue weighted by atomic mass is 19.4. The monoisotopic (exact) mass is 541 g/mol. The summed E-state index contributed by atoms with van der Waals surface area (Å²) in [6, 6.07) is 15.5. The van der Waals surface area contributed by atoms with Crippen LogP contribution in [0.15, 0.2) is 67.0 Å². The molecular weight excluding hydrogens is 507 g/mol. The van der Waals surface area contributed by atoms with Gasteiger partial charge in [0.05, 0.1) is 6.04 Å². The molecule has 0 saturated carbocycles. The number of hydrogen-bond acceptors (Lipinski definition) is 6. The summed E-state index contributed by atoms with van der Waals surface area (Å²) in [7, 11) is 1.95. The molecule has 1 aliphatic rings. The Morgan fingerprint density at radius 3 is 2.21 bits per heavy atom. The van der Waals surface area contributed by atoms with Crippen molar-refractivity contribution in [2.45, 2.75) is 57.6 Å². The van der Waals surface area contributed by atoms with Crippen LogP contribution in [0.5, 0.6) is 5.75 Å². The van der Waals surface area contributed by atoms with Crippen molar-refractivity contribution < 1.29 is 22.7 Å². The van der Waals surface area contributed by atoms with Crippen molar-refractivity contribution in [3.63, 3.8) is 0 Å². The molecule has 1 saturated heterocycles. The van der Waals surface area contributed by atoms with E-state index in [4.69, 9.17) is 0 Å². The Balaban J connectivity index is 1.51. The van der Waals surface area contributed by atoms with Crippen molar-refractivity contribution in [3.05, 3.63) is 83.7 Å². The smallest absolute Gasteiger partial charge is 0.406 e. The highest BCUT2D eigenvalue weighted by Crippen LogP contribution is 2.36. The number of rotatable bonds is 9. The van der Waals surface area contributed by atoms with E-state index < -0.39 is 6.36 Å². The summed E-state index contributed by atoms with van der Waals surface area (Å²) >= 11 is 0. The number of carbonyl (C=O) groups excluding carboxylic acids is 1. The van der Waals surface area contributed by atoms with E-state index in [-0.39, 0.29) is 29.3 Å². The van der Waals surface area contributed by atoms with Crippen LogP contribution in [0, 0.1) is 0 Å². The number of likely N-dealkylation sites (N-methyl/N-ethyl adjacent to an activating group) is 1. The van der Waals surface area contributed by atoms with Gasteiger partial charge in [0.25, 0.3) is 0 Å². The number of ether oxygens (including phenoxy) is 1. The number of aromatic nitrogens is 2. The molecule has 1 N–H and O–H groups in total. The lowest BCUT2D eigenvalue weighted by Gasteiger charge is -2.30. The summed E-state index contributed by atoms with van der Waals surface area (Å²) in [6.45, 7) is 7.41. The van der Waals surface area contributed by atoms with E-state index in [1.807, 2.05) is 11.9 Å². The Morgan fingerprint density at radius 1 is 0.974 bits per heavy atom. The van der Waals surface area contributed by atoms with Crippen molar-refractivity contribution in [1.82, 2.24) is 19.8 Å². The molecule has 39 heavy (non-hydrogen) atoms. The van der Waals surface area contributed by atoms with Gasteiger partial charge in [-0.1, -0.05) is 57.2 Å². The van der Waals surface area contributed by atoms with Gasteiger partial charge in [0.1, 0.15) is 11.9 Å². The van der Waals surface area contributed by atoms with Gasteiger partial charge >= 0.3 is 6.36 Å². The molecule has 7 nitrogen and oxygen atoms in total. The Bertz CT molecular complexity index is 1230. The highest BCUT2D eigenvalue weighted by molar-refractivity contribution is 5.84. The molecule has 0 unspecified atom stereocenters. The third-order valence-corrected chi connectivity index (χ3v) is 6.88. The molecule has 1 amide bonds. The summed E-state index contributed by atoms with van der Waals surface area (Å²) < 4.78 is 41.5. The predicted molar refractivity (Wildman–Crippen MR) is 143 cm³/mol. The third-order valence-electron chi connectivity index (χ3n) is 6.88. The molecule has 3 aromatic rings. The number of nitrogens with one attached hydrogen (secondary N) is 1. The number of alkyl halides is 3. The SMILES string of the molecule is CN1[C@@H](CCNc2ncccn2)C(=O)N(CCc2ccc(OC(F)(F)F)cc2)[C@@H]1c1ccc(C(C)(C)C)cc1. The minimum absolute atomic E-state index is 0.00528.